The van der Waals surface area contributed by atoms with Crippen molar-refractivity contribution in [2.75, 3.05) is 5.73 Å². The van der Waals surface area contributed by atoms with Gasteiger partial charge in [0, 0.05) is 13.1 Å². The maximum Gasteiger partial charge on any atom is 0.344 e. The molecule has 2 aromatic rings. The van der Waals surface area contributed by atoms with Gasteiger partial charge in [-0.2, -0.15) is 5.10 Å². The summed E-state index contributed by atoms with van der Waals surface area (Å²) in [5.41, 5.74) is 7.46. The minimum absolute atomic E-state index is 0.0303. The quantitative estimate of drug-likeness (QED) is 0.896. The second-order valence-corrected chi connectivity index (χ2v) is 6.22. The van der Waals surface area contributed by atoms with Gasteiger partial charge in [0.15, 0.2) is 5.16 Å². The number of hydrogen-bond acceptors (Lipinski definition) is 5. The average Bonchev–Trinajstić information content (AvgIpc) is 2.84. The van der Waals surface area contributed by atoms with E-state index in [-0.39, 0.29) is 17.6 Å². The molecule has 0 saturated heterocycles. The van der Waals surface area contributed by atoms with E-state index in [9.17, 15) is 4.79 Å². The minimum atomic E-state index is -0.215. The van der Waals surface area contributed by atoms with E-state index in [1.165, 1.54) is 11.8 Å². The zero-order valence-corrected chi connectivity index (χ0v) is 13.2. The van der Waals surface area contributed by atoms with Crippen LogP contribution in [0.2, 0.25) is 0 Å². The van der Waals surface area contributed by atoms with Gasteiger partial charge in [0.25, 0.3) is 0 Å². The molecule has 2 rings (SSSR count). The van der Waals surface area contributed by atoms with E-state index in [0.717, 1.165) is 10.7 Å². The molecule has 0 aliphatic heterocycles. The number of hydrogen-bond donors (Lipinski definition) is 2. The first-order chi connectivity index (χ1) is 9.32. The number of nitrogens with one attached hydrogen (secondary N) is 1. The smallest absolute Gasteiger partial charge is 0.344 e. The second-order valence-electron chi connectivity index (χ2n) is 5.26. The Morgan fingerprint density at radius 3 is 2.45 bits per heavy atom. The minimum Gasteiger partial charge on any atom is -0.395 e. The van der Waals surface area contributed by atoms with E-state index < -0.39 is 0 Å². The first kappa shape index (κ1) is 14.7. The van der Waals surface area contributed by atoms with Crippen LogP contribution >= 0.6 is 11.8 Å². The van der Waals surface area contributed by atoms with E-state index in [1.54, 1.807) is 9.25 Å². The Morgan fingerprint density at radius 2 is 1.95 bits per heavy atom. The second kappa shape index (κ2) is 5.35. The van der Waals surface area contributed by atoms with Gasteiger partial charge in [-0.15, -0.1) is 5.10 Å². The summed E-state index contributed by atoms with van der Waals surface area (Å²) in [5.74, 6) is 0.252. The number of nitrogens with zero attached hydrogens (tertiary/aromatic N) is 4. The highest BCUT2D eigenvalue weighted by molar-refractivity contribution is 7.99. The summed E-state index contributed by atoms with van der Waals surface area (Å²) in [6, 6.07) is 0.0303. The van der Waals surface area contributed by atoms with Gasteiger partial charge in [-0.3, -0.25) is 9.25 Å². The Labute approximate surface area is 121 Å². The standard InChI is InChI=1S/C12H20N6OS/c1-6(2)9-8(13)10(17(5)16-9)20-12-15-14-11(19)18(12)7(3)4/h6-7H,13H2,1-5H3,(H,14,19). The molecule has 7 nitrogen and oxygen atoms in total. The summed E-state index contributed by atoms with van der Waals surface area (Å²) < 4.78 is 3.34. The van der Waals surface area contributed by atoms with Gasteiger partial charge >= 0.3 is 5.69 Å². The lowest BCUT2D eigenvalue weighted by Gasteiger charge is -2.08. The van der Waals surface area contributed by atoms with Crippen LogP contribution in [0.15, 0.2) is 15.0 Å². The largest absolute Gasteiger partial charge is 0.395 e. The van der Waals surface area contributed by atoms with Gasteiger partial charge in [0.1, 0.15) is 5.03 Å². The summed E-state index contributed by atoms with van der Waals surface area (Å²) in [7, 11) is 1.84. The first-order valence-corrected chi connectivity index (χ1v) is 7.31. The molecule has 110 valence electrons. The van der Waals surface area contributed by atoms with E-state index in [0.29, 0.717) is 10.8 Å². The van der Waals surface area contributed by atoms with Gasteiger partial charge in [-0.1, -0.05) is 13.8 Å². The summed E-state index contributed by atoms with van der Waals surface area (Å²) in [5, 5.41) is 12.4. The fraction of sp³-hybridized carbons (Fsp3) is 0.583. The molecular formula is C12H20N6OS. The predicted molar refractivity (Wildman–Crippen MR) is 79.1 cm³/mol. The van der Waals surface area contributed by atoms with Crippen LogP contribution in [0.4, 0.5) is 5.69 Å². The fourth-order valence-electron chi connectivity index (χ4n) is 2.00. The van der Waals surface area contributed by atoms with Crippen molar-refractivity contribution in [3.8, 4) is 0 Å². The lowest BCUT2D eigenvalue weighted by atomic mass is 10.1. The Kier molecular flexibility index (Phi) is 3.94. The molecule has 8 heteroatoms. The molecule has 0 amide bonds. The van der Waals surface area contributed by atoms with Gasteiger partial charge in [-0.05, 0) is 31.5 Å². The van der Waals surface area contributed by atoms with Crippen LogP contribution in [0.25, 0.3) is 0 Å². The third kappa shape index (κ3) is 2.47. The summed E-state index contributed by atoms with van der Waals surface area (Å²) in [6.07, 6.45) is 0. The number of aromatic nitrogens is 5. The molecule has 0 aliphatic carbocycles. The van der Waals surface area contributed by atoms with Gasteiger partial charge < -0.3 is 5.73 Å². The number of aromatic amines is 1. The van der Waals surface area contributed by atoms with E-state index in [2.05, 4.69) is 15.3 Å². The number of nitrogens with two attached hydrogens (primary N) is 1. The molecule has 20 heavy (non-hydrogen) atoms. The SMILES string of the molecule is CC(C)c1nn(C)c(Sc2n[nH]c(=O)n2C(C)C)c1N. The normalized spacial score (nSPS) is 11.8. The number of H-pyrrole nitrogens is 1. The van der Waals surface area contributed by atoms with Gasteiger partial charge in [0.2, 0.25) is 0 Å². The molecule has 2 heterocycles. The molecule has 0 fully saturated rings. The fourth-order valence-corrected chi connectivity index (χ4v) is 3.04. The van der Waals surface area contributed by atoms with Crippen molar-refractivity contribution < 1.29 is 0 Å². The zero-order chi connectivity index (χ0) is 15.0. The number of aryl methyl sites for hydroxylation is 1. The predicted octanol–water partition coefficient (Wildman–Crippen LogP) is 1.74. The van der Waals surface area contributed by atoms with E-state index in [1.807, 2.05) is 34.7 Å². The monoisotopic (exact) mass is 296 g/mol. The van der Waals surface area contributed by atoms with Gasteiger partial charge in [-0.25, -0.2) is 9.89 Å². The van der Waals surface area contributed by atoms with Crippen LogP contribution in [-0.4, -0.2) is 24.5 Å². The van der Waals surface area contributed by atoms with E-state index >= 15 is 0 Å². The summed E-state index contributed by atoms with van der Waals surface area (Å²) in [6.45, 7) is 7.97. The lowest BCUT2D eigenvalue weighted by Crippen LogP contribution is -2.19. The maximum atomic E-state index is 11.7. The molecule has 0 spiro atoms. The van der Waals surface area contributed by atoms with Crippen LogP contribution < -0.4 is 11.4 Å². The van der Waals surface area contributed by atoms with E-state index in [4.69, 9.17) is 5.73 Å². The Hall–Kier alpha value is -1.70. The highest BCUT2D eigenvalue weighted by Gasteiger charge is 2.20. The average molecular weight is 296 g/mol. The number of anilines is 1. The first-order valence-electron chi connectivity index (χ1n) is 6.50. The van der Waals surface area contributed by atoms with Crippen molar-refractivity contribution in [1.29, 1.82) is 0 Å². The summed E-state index contributed by atoms with van der Waals surface area (Å²) in [4.78, 5) is 11.7. The van der Waals surface area contributed by atoms with Crippen molar-refractivity contribution in [2.45, 2.75) is 49.8 Å². The number of nitrogen functional groups attached to an aromatic ring is 1. The molecule has 0 unspecified atom stereocenters. The Balaban J connectivity index is 2.43. The molecule has 2 aromatic heterocycles. The molecular weight excluding hydrogens is 276 g/mol. The lowest BCUT2D eigenvalue weighted by molar-refractivity contribution is 0.533. The van der Waals surface area contributed by atoms with Crippen molar-refractivity contribution in [2.24, 2.45) is 7.05 Å². The third-order valence-electron chi connectivity index (χ3n) is 2.98. The molecule has 3 N–H and O–H groups in total. The van der Waals surface area contributed by atoms with Crippen LogP contribution in [0.5, 0.6) is 0 Å². The third-order valence-corrected chi connectivity index (χ3v) is 4.13. The zero-order valence-electron chi connectivity index (χ0n) is 12.3. The Bertz CT molecular complexity index is 666. The van der Waals surface area contributed by atoms with Crippen LogP contribution in [0.1, 0.15) is 45.3 Å². The molecule has 0 bridgehead atoms. The van der Waals surface area contributed by atoms with Crippen molar-refractivity contribution in [3.05, 3.63) is 16.2 Å². The molecule has 0 atom stereocenters. The van der Waals surface area contributed by atoms with Crippen molar-refractivity contribution >= 4 is 17.4 Å². The van der Waals surface area contributed by atoms with Crippen LogP contribution in [-0.2, 0) is 7.05 Å². The van der Waals surface area contributed by atoms with Crippen LogP contribution in [0.3, 0.4) is 0 Å². The maximum absolute atomic E-state index is 11.7. The van der Waals surface area contributed by atoms with Gasteiger partial charge in [0.05, 0.1) is 11.4 Å². The topological polar surface area (TPSA) is 94.5 Å². The molecule has 0 radical (unpaired) electrons. The molecule has 0 saturated carbocycles. The van der Waals surface area contributed by atoms with Crippen LogP contribution in [0, 0.1) is 0 Å². The van der Waals surface area contributed by atoms with Crippen molar-refractivity contribution in [3.63, 3.8) is 0 Å². The molecule has 0 aliphatic rings. The number of rotatable bonds is 4. The highest BCUT2D eigenvalue weighted by atomic mass is 32.2. The Morgan fingerprint density at radius 1 is 1.30 bits per heavy atom. The highest BCUT2D eigenvalue weighted by Crippen LogP contribution is 2.35. The summed E-state index contributed by atoms with van der Waals surface area (Å²) >= 11 is 1.35. The van der Waals surface area contributed by atoms with Crippen molar-refractivity contribution in [1.82, 2.24) is 24.5 Å². The molecule has 0 aromatic carbocycles.